The summed E-state index contributed by atoms with van der Waals surface area (Å²) >= 11 is 0. The highest BCUT2D eigenvalue weighted by molar-refractivity contribution is 6.69. The fourth-order valence-electron chi connectivity index (χ4n) is 4.33. The van der Waals surface area contributed by atoms with Gasteiger partial charge in [-0.15, -0.1) is 0 Å². The molecule has 1 aromatic carbocycles. The van der Waals surface area contributed by atoms with Crippen molar-refractivity contribution in [3.63, 3.8) is 0 Å². The molecular formula is C24H40O2Si. The number of fused-ring (bicyclic) bond motifs is 1. The molecule has 0 saturated heterocycles. The molecule has 0 heterocycles. The van der Waals surface area contributed by atoms with Crippen LogP contribution in [0.5, 0.6) is 0 Å². The van der Waals surface area contributed by atoms with Crippen molar-refractivity contribution in [1.82, 2.24) is 0 Å². The summed E-state index contributed by atoms with van der Waals surface area (Å²) in [5, 5.41) is 0. The van der Waals surface area contributed by atoms with Crippen LogP contribution in [0.25, 0.3) is 6.08 Å². The minimum atomic E-state index is -2.46. The topological polar surface area (TPSA) is 18.5 Å². The van der Waals surface area contributed by atoms with Gasteiger partial charge in [0.15, 0.2) is 0 Å². The Morgan fingerprint density at radius 2 is 1.89 bits per heavy atom. The van der Waals surface area contributed by atoms with Crippen molar-refractivity contribution in [3.8, 4) is 0 Å². The lowest BCUT2D eigenvalue weighted by Gasteiger charge is -2.47. The Labute approximate surface area is 168 Å². The second-order valence-electron chi connectivity index (χ2n) is 9.94. The molecule has 2 rings (SSSR count). The van der Waals surface area contributed by atoms with Crippen LogP contribution in [0.2, 0.25) is 6.04 Å². The van der Waals surface area contributed by atoms with Crippen LogP contribution in [-0.4, -0.2) is 22.3 Å². The van der Waals surface area contributed by atoms with Crippen LogP contribution in [0.3, 0.4) is 0 Å². The van der Waals surface area contributed by atoms with Crippen LogP contribution in [0.15, 0.2) is 24.3 Å². The molecule has 152 valence electrons. The van der Waals surface area contributed by atoms with Crippen molar-refractivity contribution in [2.24, 2.45) is 10.8 Å². The summed E-state index contributed by atoms with van der Waals surface area (Å²) in [5.74, 6) is 0. The van der Waals surface area contributed by atoms with Gasteiger partial charge in [0.1, 0.15) is 0 Å². The molecule has 1 aliphatic rings. The molecule has 0 bridgehead atoms. The molecule has 0 fully saturated rings. The molecule has 1 aromatic rings. The molecule has 0 amide bonds. The smallest absolute Gasteiger partial charge is 0.346 e. The third-order valence-electron chi connectivity index (χ3n) is 5.95. The fourth-order valence-corrected chi connectivity index (χ4v) is 8.85. The predicted octanol–water partition coefficient (Wildman–Crippen LogP) is 7.01. The lowest BCUT2D eigenvalue weighted by Crippen LogP contribution is -2.54. The van der Waals surface area contributed by atoms with E-state index in [0.717, 1.165) is 25.5 Å². The molecule has 2 atom stereocenters. The monoisotopic (exact) mass is 388 g/mol. The predicted molar refractivity (Wildman–Crippen MR) is 119 cm³/mol. The summed E-state index contributed by atoms with van der Waals surface area (Å²) in [7, 11) is -0.565. The molecule has 0 N–H and O–H groups in total. The van der Waals surface area contributed by atoms with Gasteiger partial charge in [0.05, 0.1) is 0 Å². The van der Waals surface area contributed by atoms with Gasteiger partial charge in [0, 0.05) is 19.3 Å². The van der Waals surface area contributed by atoms with Crippen LogP contribution in [0.4, 0.5) is 0 Å². The van der Waals surface area contributed by atoms with Crippen LogP contribution in [0.1, 0.15) is 83.0 Å². The number of unbranched alkanes of at least 4 members (excludes halogenated alkanes) is 1. The zero-order chi connectivity index (χ0) is 20.3. The standard InChI is InChI=1S/C24H40O2Si/c1-9-10-18-27(25-8,26-17-16-23(3,4)5)22-21-19(2)12-11-13-20(21)14-15-24(22,6)7/h11-15,22H,9-10,16-18H2,1-8H3. The van der Waals surface area contributed by atoms with Gasteiger partial charge in [-0.05, 0) is 46.9 Å². The first-order chi connectivity index (χ1) is 12.6. The average Bonchev–Trinajstić information content (AvgIpc) is 2.58. The molecule has 27 heavy (non-hydrogen) atoms. The summed E-state index contributed by atoms with van der Waals surface area (Å²) in [6.07, 6.45) is 8.06. The maximum atomic E-state index is 6.83. The Morgan fingerprint density at radius 3 is 2.48 bits per heavy atom. The van der Waals surface area contributed by atoms with E-state index in [1.165, 1.54) is 23.1 Å². The zero-order valence-electron chi connectivity index (χ0n) is 18.8. The van der Waals surface area contributed by atoms with Crippen molar-refractivity contribution in [1.29, 1.82) is 0 Å². The van der Waals surface area contributed by atoms with E-state index in [-0.39, 0.29) is 10.8 Å². The van der Waals surface area contributed by atoms with Crippen LogP contribution in [-0.2, 0) is 8.85 Å². The van der Waals surface area contributed by atoms with Crippen LogP contribution < -0.4 is 0 Å². The first kappa shape index (κ1) is 22.4. The maximum absolute atomic E-state index is 6.83. The highest BCUT2D eigenvalue weighted by atomic mass is 28.4. The first-order valence-electron chi connectivity index (χ1n) is 10.5. The summed E-state index contributed by atoms with van der Waals surface area (Å²) in [6.45, 7) is 16.8. The van der Waals surface area contributed by atoms with Crippen molar-refractivity contribution >= 4 is 14.6 Å². The lowest BCUT2D eigenvalue weighted by atomic mass is 9.77. The number of rotatable bonds is 8. The van der Waals surface area contributed by atoms with E-state index in [1.807, 2.05) is 7.11 Å². The van der Waals surface area contributed by atoms with E-state index < -0.39 is 8.56 Å². The third-order valence-corrected chi connectivity index (χ3v) is 10.3. The maximum Gasteiger partial charge on any atom is 0.346 e. The molecule has 0 aromatic heterocycles. The number of aryl methyl sites for hydroxylation is 1. The number of hydrogen-bond donors (Lipinski definition) is 0. The van der Waals surface area contributed by atoms with Gasteiger partial charge in [-0.1, -0.05) is 84.7 Å². The largest absolute Gasteiger partial charge is 0.397 e. The molecule has 0 aliphatic heterocycles. The lowest BCUT2D eigenvalue weighted by molar-refractivity contribution is 0.148. The van der Waals surface area contributed by atoms with Gasteiger partial charge < -0.3 is 8.85 Å². The molecule has 0 radical (unpaired) electrons. The molecule has 3 heteroatoms. The second kappa shape index (κ2) is 8.63. The van der Waals surface area contributed by atoms with Gasteiger partial charge in [0.25, 0.3) is 0 Å². The third kappa shape index (κ3) is 5.13. The van der Waals surface area contributed by atoms with Crippen LogP contribution in [0, 0.1) is 17.8 Å². The Kier molecular flexibility index (Phi) is 7.15. The normalized spacial score (nSPS) is 21.0. The molecule has 0 spiro atoms. The molecular weight excluding hydrogens is 348 g/mol. The fraction of sp³-hybridized carbons (Fsp3) is 0.667. The molecule has 2 nitrogen and oxygen atoms in total. The Morgan fingerprint density at radius 1 is 1.19 bits per heavy atom. The highest BCUT2D eigenvalue weighted by Gasteiger charge is 2.53. The number of allylic oxidation sites excluding steroid dienone is 1. The molecule has 1 aliphatic carbocycles. The van der Waals surface area contributed by atoms with E-state index in [1.54, 1.807) is 0 Å². The van der Waals surface area contributed by atoms with E-state index >= 15 is 0 Å². The average molecular weight is 389 g/mol. The van der Waals surface area contributed by atoms with Crippen LogP contribution >= 0.6 is 0 Å². The Balaban J connectivity index is 2.50. The summed E-state index contributed by atoms with van der Waals surface area (Å²) < 4.78 is 13.3. The molecule has 2 unspecified atom stereocenters. The Hall–Kier alpha value is -0.903. The van der Waals surface area contributed by atoms with Gasteiger partial charge >= 0.3 is 8.56 Å². The van der Waals surface area contributed by atoms with Gasteiger partial charge in [0.2, 0.25) is 0 Å². The van der Waals surface area contributed by atoms with Gasteiger partial charge in [-0.3, -0.25) is 0 Å². The first-order valence-corrected chi connectivity index (χ1v) is 12.6. The SMILES string of the molecule is CCCC[Si](OC)(OCCC(C)(C)C)C1c2c(C)cccc2C=CC1(C)C. The van der Waals surface area contributed by atoms with E-state index in [2.05, 4.69) is 78.8 Å². The molecule has 0 saturated carbocycles. The summed E-state index contributed by atoms with van der Waals surface area (Å²) in [5.41, 5.74) is 4.75. The zero-order valence-corrected chi connectivity index (χ0v) is 19.8. The Bertz CT molecular complexity index is 657. The number of benzene rings is 1. The minimum absolute atomic E-state index is 0.0246. The van der Waals surface area contributed by atoms with E-state index in [9.17, 15) is 0 Å². The highest BCUT2D eigenvalue weighted by Crippen LogP contribution is 2.51. The van der Waals surface area contributed by atoms with Gasteiger partial charge in [-0.25, -0.2) is 0 Å². The van der Waals surface area contributed by atoms with E-state index in [4.69, 9.17) is 8.85 Å². The van der Waals surface area contributed by atoms with Crippen molar-refractivity contribution in [2.75, 3.05) is 13.7 Å². The number of hydrogen-bond acceptors (Lipinski definition) is 2. The van der Waals surface area contributed by atoms with Crippen molar-refractivity contribution in [2.45, 2.75) is 79.3 Å². The van der Waals surface area contributed by atoms with Crippen molar-refractivity contribution < 1.29 is 8.85 Å². The van der Waals surface area contributed by atoms with E-state index in [0.29, 0.717) is 5.54 Å². The summed E-state index contributed by atoms with van der Waals surface area (Å²) in [4.78, 5) is 0. The summed E-state index contributed by atoms with van der Waals surface area (Å²) in [6, 6.07) is 7.70. The van der Waals surface area contributed by atoms with Crippen molar-refractivity contribution in [3.05, 3.63) is 41.0 Å². The second-order valence-corrected chi connectivity index (χ2v) is 13.3. The minimum Gasteiger partial charge on any atom is -0.397 e. The quantitative estimate of drug-likeness (QED) is 0.446. The van der Waals surface area contributed by atoms with Gasteiger partial charge in [-0.2, -0.15) is 0 Å².